The molecule has 0 spiro atoms. The predicted octanol–water partition coefficient (Wildman–Crippen LogP) is 2.89. The minimum Gasteiger partial charge on any atom is -0.609 e. The van der Waals surface area contributed by atoms with E-state index in [1.54, 1.807) is 13.3 Å². The summed E-state index contributed by atoms with van der Waals surface area (Å²) < 4.78 is 17.9. The first-order valence-corrected chi connectivity index (χ1v) is 8.24. The van der Waals surface area contributed by atoms with Gasteiger partial charge < -0.3 is 9.29 Å². The summed E-state index contributed by atoms with van der Waals surface area (Å²) in [6, 6.07) is 7.64. The number of rotatable bonds is 4. The maximum Gasteiger partial charge on any atom is 0.322 e. The highest BCUT2D eigenvalue weighted by Crippen LogP contribution is 2.26. The number of benzene rings is 1. The van der Waals surface area contributed by atoms with Crippen LogP contribution >= 0.6 is 0 Å². The molecule has 0 saturated heterocycles. The maximum absolute atomic E-state index is 12.6. The molecule has 0 amide bonds. The van der Waals surface area contributed by atoms with Crippen LogP contribution < -0.4 is 4.74 Å². The molecule has 0 fully saturated rings. The Bertz CT molecular complexity index is 783. The van der Waals surface area contributed by atoms with Gasteiger partial charge in [0.1, 0.15) is 5.75 Å². The monoisotopic (exact) mass is 315 g/mol. The van der Waals surface area contributed by atoms with Crippen LogP contribution in [0.1, 0.15) is 16.8 Å². The predicted molar refractivity (Wildman–Crippen MR) is 86.5 cm³/mol. The molecule has 5 nitrogen and oxygen atoms in total. The van der Waals surface area contributed by atoms with Crippen molar-refractivity contribution in [3.63, 3.8) is 0 Å². The Kier molecular flexibility index (Phi) is 4.04. The Morgan fingerprint density at radius 3 is 2.77 bits per heavy atom. The van der Waals surface area contributed by atoms with Crippen LogP contribution in [-0.4, -0.2) is 26.6 Å². The van der Waals surface area contributed by atoms with Crippen LogP contribution in [-0.2, 0) is 16.9 Å². The average molecular weight is 315 g/mol. The van der Waals surface area contributed by atoms with E-state index in [0.717, 1.165) is 33.6 Å². The van der Waals surface area contributed by atoms with Crippen LogP contribution in [0.5, 0.6) is 5.75 Å². The topological polar surface area (TPSA) is 73.9 Å². The number of imidazole rings is 1. The van der Waals surface area contributed by atoms with Gasteiger partial charge in [-0.05, 0) is 26.0 Å². The largest absolute Gasteiger partial charge is 0.609 e. The Labute approximate surface area is 131 Å². The van der Waals surface area contributed by atoms with Gasteiger partial charge in [-0.2, -0.15) is 4.98 Å². The zero-order valence-corrected chi connectivity index (χ0v) is 13.5. The second-order valence-electron chi connectivity index (χ2n) is 5.10. The number of aromatic nitrogens is 3. The molecule has 1 aromatic carbocycles. The summed E-state index contributed by atoms with van der Waals surface area (Å²) in [5.41, 5.74) is 4.36. The lowest BCUT2D eigenvalue weighted by Crippen LogP contribution is -2.10. The highest BCUT2D eigenvalue weighted by Gasteiger charge is 2.20. The zero-order chi connectivity index (χ0) is 15.7. The molecule has 6 heteroatoms. The number of H-pyrrole nitrogens is 1. The van der Waals surface area contributed by atoms with Crippen LogP contribution in [0.3, 0.4) is 0 Å². The summed E-state index contributed by atoms with van der Waals surface area (Å²) in [6.07, 6.45) is 1.75. The highest BCUT2D eigenvalue weighted by molar-refractivity contribution is 7.90. The molecule has 3 aromatic rings. The molecule has 22 heavy (non-hydrogen) atoms. The average Bonchev–Trinajstić information content (AvgIpc) is 2.95. The van der Waals surface area contributed by atoms with Crippen LogP contribution in [0.2, 0.25) is 0 Å². The number of para-hydroxylation sites is 2. The number of nitrogens with one attached hydrogen (secondary N) is 1. The quantitative estimate of drug-likeness (QED) is 0.751. The van der Waals surface area contributed by atoms with Gasteiger partial charge in [0.25, 0.3) is 0 Å². The first-order valence-electron chi connectivity index (χ1n) is 6.92. The van der Waals surface area contributed by atoms with E-state index in [4.69, 9.17) is 4.74 Å². The lowest BCUT2D eigenvalue weighted by Gasteiger charge is -2.13. The third-order valence-corrected chi connectivity index (χ3v) is 4.76. The lowest BCUT2D eigenvalue weighted by molar-refractivity contribution is 0.407. The number of methoxy groups -OCH3 is 1. The molecule has 0 aliphatic rings. The van der Waals surface area contributed by atoms with Gasteiger partial charge in [0.05, 0.1) is 23.8 Å². The fraction of sp³-hybridized carbons (Fsp3) is 0.250. The fourth-order valence-corrected chi connectivity index (χ4v) is 3.55. The van der Waals surface area contributed by atoms with Crippen LogP contribution in [0.4, 0.5) is 0 Å². The third kappa shape index (κ3) is 2.67. The van der Waals surface area contributed by atoms with E-state index < -0.39 is 11.2 Å². The first kappa shape index (κ1) is 14.9. The summed E-state index contributed by atoms with van der Waals surface area (Å²) in [4.78, 5) is 11.9. The number of hydrogen-bond acceptors (Lipinski definition) is 4. The second-order valence-corrected chi connectivity index (χ2v) is 6.46. The number of aromatic amines is 1. The molecule has 0 aliphatic heterocycles. The van der Waals surface area contributed by atoms with Gasteiger partial charge in [0.15, 0.2) is 5.75 Å². The highest BCUT2D eigenvalue weighted by atomic mass is 32.2. The Morgan fingerprint density at radius 1 is 1.27 bits per heavy atom. The SMILES string of the molecule is COc1c(C)cnc(C[S+]([O-])c2nc3ccccc3[nH]2)c1C. The third-order valence-electron chi connectivity index (χ3n) is 3.60. The van der Waals surface area contributed by atoms with Gasteiger partial charge in [-0.15, -0.1) is 0 Å². The molecule has 1 atom stereocenters. The molecule has 1 unspecified atom stereocenters. The molecule has 0 radical (unpaired) electrons. The van der Waals surface area contributed by atoms with Crippen molar-refractivity contribution in [3.8, 4) is 5.75 Å². The Balaban J connectivity index is 1.89. The molecule has 0 aliphatic carbocycles. The van der Waals surface area contributed by atoms with Crippen LogP contribution in [0, 0.1) is 13.8 Å². The number of aryl methyl sites for hydroxylation is 1. The van der Waals surface area contributed by atoms with E-state index in [-0.39, 0.29) is 0 Å². The second kappa shape index (κ2) is 5.98. The van der Waals surface area contributed by atoms with Gasteiger partial charge >= 0.3 is 5.16 Å². The van der Waals surface area contributed by atoms with Crippen molar-refractivity contribution >= 4 is 22.2 Å². The Morgan fingerprint density at radius 2 is 2.05 bits per heavy atom. The zero-order valence-electron chi connectivity index (χ0n) is 12.7. The van der Waals surface area contributed by atoms with E-state index in [1.165, 1.54) is 0 Å². The van der Waals surface area contributed by atoms with Gasteiger partial charge in [-0.3, -0.25) is 9.97 Å². The van der Waals surface area contributed by atoms with E-state index in [0.29, 0.717) is 10.9 Å². The minimum atomic E-state index is -1.28. The van der Waals surface area contributed by atoms with Crippen molar-refractivity contribution in [2.75, 3.05) is 7.11 Å². The van der Waals surface area contributed by atoms with E-state index in [9.17, 15) is 4.55 Å². The molecule has 0 saturated carbocycles. The summed E-state index contributed by atoms with van der Waals surface area (Å²) in [5.74, 6) is 1.11. The summed E-state index contributed by atoms with van der Waals surface area (Å²) in [6.45, 7) is 3.88. The standard InChI is InChI=1S/C16H17N3O2S/c1-10-8-17-14(11(2)15(10)21-3)9-22(20)16-18-12-6-4-5-7-13(12)19-16/h4-8H,9H2,1-3H3,(H,18,19). The summed E-state index contributed by atoms with van der Waals surface area (Å²) in [7, 11) is 1.63. The molecular weight excluding hydrogens is 298 g/mol. The van der Waals surface area contributed by atoms with Crippen molar-refractivity contribution in [2.24, 2.45) is 0 Å². The van der Waals surface area contributed by atoms with E-state index >= 15 is 0 Å². The normalized spacial score (nSPS) is 12.5. The molecule has 0 bridgehead atoms. The number of fused-ring (bicyclic) bond motifs is 1. The van der Waals surface area contributed by atoms with Crippen molar-refractivity contribution in [1.29, 1.82) is 0 Å². The first-order chi connectivity index (χ1) is 10.6. The lowest BCUT2D eigenvalue weighted by atomic mass is 10.1. The van der Waals surface area contributed by atoms with E-state index in [1.807, 2.05) is 38.1 Å². The molecule has 1 N–H and O–H groups in total. The number of nitrogens with zero attached hydrogens (tertiary/aromatic N) is 2. The van der Waals surface area contributed by atoms with Crippen LogP contribution in [0.25, 0.3) is 11.0 Å². The maximum atomic E-state index is 12.6. The number of hydrogen-bond donors (Lipinski definition) is 1. The van der Waals surface area contributed by atoms with Gasteiger partial charge in [0, 0.05) is 28.5 Å². The fourth-order valence-electron chi connectivity index (χ4n) is 2.45. The summed E-state index contributed by atoms with van der Waals surface area (Å²) >= 11 is -1.28. The van der Waals surface area contributed by atoms with Gasteiger partial charge in [-0.1, -0.05) is 12.1 Å². The van der Waals surface area contributed by atoms with Gasteiger partial charge in [0.2, 0.25) is 0 Å². The molecule has 114 valence electrons. The molecule has 2 heterocycles. The molecule has 3 rings (SSSR count). The van der Waals surface area contributed by atoms with Crippen LogP contribution in [0.15, 0.2) is 35.6 Å². The summed E-state index contributed by atoms with van der Waals surface area (Å²) in [5, 5.41) is 0.474. The van der Waals surface area contributed by atoms with E-state index in [2.05, 4.69) is 15.0 Å². The number of pyridine rings is 1. The minimum absolute atomic E-state index is 0.308. The van der Waals surface area contributed by atoms with Crippen molar-refractivity contribution in [3.05, 3.63) is 47.3 Å². The van der Waals surface area contributed by atoms with Gasteiger partial charge in [-0.25, -0.2) is 0 Å². The molecular formula is C16H17N3O2S. The molecule has 2 aromatic heterocycles. The number of ether oxygens (including phenoxy) is 1. The van der Waals surface area contributed by atoms with Crippen molar-refractivity contribution in [2.45, 2.75) is 24.8 Å². The van der Waals surface area contributed by atoms with Crippen molar-refractivity contribution < 1.29 is 9.29 Å². The smallest absolute Gasteiger partial charge is 0.322 e. The van der Waals surface area contributed by atoms with Crippen molar-refractivity contribution in [1.82, 2.24) is 15.0 Å². The Hall–Kier alpha value is -2.05.